The Morgan fingerprint density at radius 1 is 1.06 bits per heavy atom. The zero-order chi connectivity index (χ0) is 21.5. The summed E-state index contributed by atoms with van der Waals surface area (Å²) < 4.78 is 0. The number of amides is 1. The third kappa shape index (κ3) is 6.06. The maximum absolute atomic E-state index is 13.2. The van der Waals surface area contributed by atoms with E-state index in [0.29, 0.717) is 0 Å². The van der Waals surface area contributed by atoms with Crippen LogP contribution in [0.3, 0.4) is 0 Å². The molecule has 0 saturated carbocycles. The first-order chi connectivity index (χ1) is 15.2. The number of piperazine rings is 1. The molecule has 0 atom stereocenters. The summed E-state index contributed by atoms with van der Waals surface area (Å²) in [6, 6.07) is 18.3. The summed E-state index contributed by atoms with van der Waals surface area (Å²) in [5, 5.41) is 3.18. The van der Waals surface area contributed by atoms with Crippen molar-refractivity contribution in [2.75, 3.05) is 32.7 Å². The van der Waals surface area contributed by atoms with Crippen molar-refractivity contribution in [3.05, 3.63) is 87.9 Å². The largest absolute Gasteiger partial charge is 0.336 e. The van der Waals surface area contributed by atoms with E-state index in [1.54, 1.807) is 23.1 Å². The Morgan fingerprint density at radius 3 is 2.55 bits per heavy atom. The average molecular weight is 450 g/mol. The van der Waals surface area contributed by atoms with E-state index >= 15 is 0 Å². The van der Waals surface area contributed by atoms with Crippen LogP contribution in [-0.2, 0) is 5.75 Å². The number of hydrogen-bond acceptors (Lipinski definition) is 5. The molecule has 1 aromatic heterocycles. The van der Waals surface area contributed by atoms with Crippen molar-refractivity contribution in [2.45, 2.75) is 17.6 Å². The van der Waals surface area contributed by atoms with Crippen molar-refractivity contribution in [1.29, 1.82) is 0 Å². The summed E-state index contributed by atoms with van der Waals surface area (Å²) >= 11 is 3.36. The minimum atomic E-state index is 0.136. The number of thiazole rings is 1. The predicted octanol–water partition coefficient (Wildman–Crippen LogP) is 5.22. The average Bonchev–Trinajstić information content (AvgIpc) is 3.24. The molecule has 0 aliphatic carbocycles. The number of thioether (sulfide) groups is 1. The minimum Gasteiger partial charge on any atom is -0.336 e. The van der Waals surface area contributed by atoms with Crippen molar-refractivity contribution in [3.63, 3.8) is 0 Å². The van der Waals surface area contributed by atoms with Gasteiger partial charge >= 0.3 is 0 Å². The number of nitrogens with zero attached hydrogens (tertiary/aromatic N) is 3. The second-order valence-corrected chi connectivity index (χ2v) is 9.63. The summed E-state index contributed by atoms with van der Waals surface area (Å²) in [5.41, 5.74) is 3.10. The summed E-state index contributed by atoms with van der Waals surface area (Å²) in [7, 11) is 0. The topological polar surface area (TPSA) is 36.4 Å². The Bertz CT molecular complexity index is 1020. The predicted molar refractivity (Wildman–Crippen MR) is 131 cm³/mol. The second kappa shape index (κ2) is 10.8. The lowest BCUT2D eigenvalue weighted by Gasteiger charge is -2.34. The number of aromatic nitrogens is 1. The molecule has 2 heterocycles. The smallest absolute Gasteiger partial charge is 0.255 e. The van der Waals surface area contributed by atoms with Gasteiger partial charge in [-0.05, 0) is 24.6 Å². The van der Waals surface area contributed by atoms with Crippen molar-refractivity contribution < 1.29 is 4.79 Å². The summed E-state index contributed by atoms with van der Waals surface area (Å²) in [6.07, 6.45) is 4.37. The SMILES string of the molecule is Cc1nc(CSc2ccccc2C(=O)N2CCN(C/C=C/c3ccccc3)CC2)cs1. The number of rotatable bonds is 7. The summed E-state index contributed by atoms with van der Waals surface area (Å²) in [6.45, 7) is 6.27. The van der Waals surface area contributed by atoms with Gasteiger partial charge in [0.05, 0.1) is 16.3 Å². The minimum absolute atomic E-state index is 0.136. The molecule has 2 aromatic carbocycles. The standard InChI is InChI=1S/C25H27N3OS2/c1-20-26-22(18-30-20)19-31-24-12-6-5-11-23(24)25(29)28-16-14-27(15-17-28)13-7-10-21-8-3-2-4-9-21/h2-12,18H,13-17,19H2,1H3/b10-7+. The number of benzene rings is 2. The fourth-order valence-electron chi connectivity index (χ4n) is 3.60. The first-order valence-electron chi connectivity index (χ1n) is 10.5. The summed E-state index contributed by atoms with van der Waals surface area (Å²) in [4.78, 5) is 23.2. The lowest BCUT2D eigenvalue weighted by Crippen LogP contribution is -2.48. The van der Waals surface area contributed by atoms with Crippen LogP contribution >= 0.6 is 23.1 Å². The quantitative estimate of drug-likeness (QED) is 0.464. The molecule has 0 spiro atoms. The molecule has 4 nitrogen and oxygen atoms in total. The van der Waals surface area contributed by atoms with Gasteiger partial charge < -0.3 is 4.90 Å². The maximum Gasteiger partial charge on any atom is 0.255 e. The molecule has 1 aliphatic heterocycles. The fraction of sp³-hybridized carbons (Fsp3) is 0.280. The third-order valence-corrected chi connectivity index (χ3v) is 7.22. The van der Waals surface area contributed by atoms with E-state index < -0.39 is 0 Å². The number of carbonyl (C=O) groups is 1. The van der Waals surface area contributed by atoms with E-state index in [1.807, 2.05) is 42.2 Å². The van der Waals surface area contributed by atoms with Gasteiger partial charge in [0.1, 0.15) is 0 Å². The Balaban J connectivity index is 1.31. The zero-order valence-corrected chi connectivity index (χ0v) is 19.4. The molecule has 1 aliphatic rings. The Kier molecular flexibility index (Phi) is 7.57. The van der Waals surface area contributed by atoms with Crippen LogP contribution in [0.4, 0.5) is 0 Å². The van der Waals surface area contributed by atoms with Gasteiger partial charge in [-0.2, -0.15) is 0 Å². The van der Waals surface area contributed by atoms with Crippen LogP contribution in [0.15, 0.2) is 70.9 Å². The highest BCUT2D eigenvalue weighted by Gasteiger charge is 2.23. The van der Waals surface area contributed by atoms with Crippen molar-refractivity contribution >= 4 is 35.1 Å². The summed E-state index contributed by atoms with van der Waals surface area (Å²) in [5.74, 6) is 0.924. The van der Waals surface area contributed by atoms with Crippen LogP contribution in [0.25, 0.3) is 6.08 Å². The van der Waals surface area contributed by atoms with E-state index in [1.165, 1.54) is 5.56 Å². The maximum atomic E-state index is 13.2. The molecule has 31 heavy (non-hydrogen) atoms. The van der Waals surface area contributed by atoms with Gasteiger partial charge in [-0.1, -0.05) is 54.6 Å². The lowest BCUT2D eigenvalue weighted by molar-refractivity contribution is 0.0647. The van der Waals surface area contributed by atoms with Gasteiger partial charge in [-0.25, -0.2) is 4.98 Å². The van der Waals surface area contributed by atoms with Gasteiger partial charge in [0, 0.05) is 48.8 Å². The van der Waals surface area contributed by atoms with Crippen LogP contribution in [0.5, 0.6) is 0 Å². The third-order valence-electron chi connectivity index (χ3n) is 5.29. The fourth-order valence-corrected chi connectivity index (χ4v) is 5.26. The Hall–Kier alpha value is -2.41. The Labute approximate surface area is 192 Å². The van der Waals surface area contributed by atoms with Gasteiger partial charge in [0.25, 0.3) is 5.91 Å². The molecule has 1 fully saturated rings. The molecule has 3 aromatic rings. The monoisotopic (exact) mass is 449 g/mol. The lowest BCUT2D eigenvalue weighted by atomic mass is 10.1. The second-order valence-electron chi connectivity index (χ2n) is 7.55. The molecule has 4 rings (SSSR count). The molecule has 0 bridgehead atoms. The van der Waals surface area contributed by atoms with Gasteiger partial charge in [0.15, 0.2) is 0 Å². The van der Waals surface area contributed by atoms with Crippen molar-refractivity contribution in [1.82, 2.24) is 14.8 Å². The van der Waals surface area contributed by atoms with Gasteiger partial charge in [-0.15, -0.1) is 23.1 Å². The molecule has 0 radical (unpaired) electrons. The molecule has 1 saturated heterocycles. The van der Waals surface area contributed by atoms with Gasteiger partial charge in [0.2, 0.25) is 0 Å². The van der Waals surface area contributed by atoms with E-state index in [-0.39, 0.29) is 5.91 Å². The number of carbonyl (C=O) groups excluding carboxylic acids is 1. The Morgan fingerprint density at radius 2 is 1.81 bits per heavy atom. The van der Waals surface area contributed by atoms with Crippen LogP contribution in [-0.4, -0.2) is 53.4 Å². The number of hydrogen-bond donors (Lipinski definition) is 0. The van der Waals surface area contributed by atoms with Crippen molar-refractivity contribution in [2.24, 2.45) is 0 Å². The molecule has 6 heteroatoms. The van der Waals surface area contributed by atoms with E-state index in [0.717, 1.165) is 59.6 Å². The van der Waals surface area contributed by atoms with E-state index in [2.05, 4.69) is 51.7 Å². The highest BCUT2D eigenvalue weighted by molar-refractivity contribution is 7.98. The normalized spacial score (nSPS) is 14.9. The van der Waals surface area contributed by atoms with Gasteiger partial charge in [-0.3, -0.25) is 9.69 Å². The highest BCUT2D eigenvalue weighted by Crippen LogP contribution is 2.28. The van der Waals surface area contributed by atoms with Crippen LogP contribution in [0.2, 0.25) is 0 Å². The van der Waals surface area contributed by atoms with Crippen LogP contribution < -0.4 is 0 Å². The van der Waals surface area contributed by atoms with Crippen molar-refractivity contribution in [3.8, 4) is 0 Å². The van der Waals surface area contributed by atoms with E-state index in [9.17, 15) is 4.79 Å². The molecular formula is C25H27N3OS2. The zero-order valence-electron chi connectivity index (χ0n) is 17.7. The first-order valence-corrected chi connectivity index (χ1v) is 12.4. The molecule has 0 N–H and O–H groups in total. The first kappa shape index (κ1) is 21.8. The van der Waals surface area contributed by atoms with E-state index in [4.69, 9.17) is 0 Å². The van der Waals surface area contributed by atoms with Crippen LogP contribution in [0, 0.1) is 6.92 Å². The number of aryl methyl sites for hydroxylation is 1. The molecule has 0 unspecified atom stereocenters. The van der Waals surface area contributed by atoms with Crippen LogP contribution in [0.1, 0.15) is 26.6 Å². The molecule has 1 amide bonds. The highest BCUT2D eigenvalue weighted by atomic mass is 32.2. The molecular weight excluding hydrogens is 422 g/mol. The molecule has 160 valence electrons.